The van der Waals surface area contributed by atoms with Crippen LogP contribution in [0.3, 0.4) is 0 Å². The number of benzene rings is 1. The van der Waals surface area contributed by atoms with E-state index < -0.39 is 0 Å². The van der Waals surface area contributed by atoms with Gasteiger partial charge in [0, 0.05) is 25.7 Å². The van der Waals surface area contributed by atoms with Crippen LogP contribution in [0.15, 0.2) is 42.7 Å². The number of hydrogen-bond donors (Lipinski definition) is 1. The number of piperidine rings is 1. The Morgan fingerprint density at radius 2 is 2.17 bits per heavy atom. The summed E-state index contributed by atoms with van der Waals surface area (Å²) in [5.74, 6) is 1.56. The summed E-state index contributed by atoms with van der Waals surface area (Å²) in [6, 6.07) is 9.56. The van der Waals surface area contributed by atoms with Crippen LogP contribution in [0.4, 0.5) is 0 Å². The molecule has 0 bridgehead atoms. The maximum Gasteiger partial charge on any atom is 0.238 e. The van der Waals surface area contributed by atoms with Crippen molar-refractivity contribution in [2.75, 3.05) is 26.7 Å². The molecule has 3 rings (SSSR count). The summed E-state index contributed by atoms with van der Waals surface area (Å²) in [5.41, 5.74) is 0.921. The predicted molar refractivity (Wildman–Crippen MR) is 91.0 cm³/mol. The first-order valence-corrected chi connectivity index (χ1v) is 8.22. The minimum absolute atomic E-state index is 0.0443. The largest absolute Gasteiger partial charge is 0.437 e. The summed E-state index contributed by atoms with van der Waals surface area (Å²) in [5, 5.41) is 2.67. The number of aromatic nitrogens is 2. The number of likely N-dealkylation sites (N-methyl/N-ethyl adjacent to an activating group) is 1. The van der Waals surface area contributed by atoms with Crippen LogP contribution in [0.1, 0.15) is 24.5 Å². The van der Waals surface area contributed by atoms with Gasteiger partial charge in [-0.05, 0) is 31.5 Å². The van der Waals surface area contributed by atoms with Gasteiger partial charge in [-0.15, -0.1) is 0 Å². The molecular formula is C18H22N4O2. The number of nitrogens with zero attached hydrogens (tertiary/aromatic N) is 3. The zero-order chi connectivity index (χ0) is 16.8. The fraction of sp³-hybridized carbons (Fsp3) is 0.389. The second kappa shape index (κ2) is 7.88. The first kappa shape index (κ1) is 16.4. The number of carbonyl (C=O) groups is 1. The Kier molecular flexibility index (Phi) is 5.38. The molecule has 0 saturated carbocycles. The van der Waals surface area contributed by atoms with Crippen LogP contribution in [0.2, 0.25) is 0 Å². The molecule has 6 heteroatoms. The molecule has 1 saturated heterocycles. The van der Waals surface area contributed by atoms with Crippen molar-refractivity contribution in [3.05, 3.63) is 48.4 Å². The van der Waals surface area contributed by atoms with Crippen molar-refractivity contribution in [2.45, 2.75) is 18.8 Å². The molecule has 1 aliphatic heterocycles. The van der Waals surface area contributed by atoms with Gasteiger partial charge in [-0.1, -0.05) is 18.2 Å². The lowest BCUT2D eigenvalue weighted by Crippen LogP contribution is -2.41. The third-order valence-corrected chi connectivity index (χ3v) is 4.17. The van der Waals surface area contributed by atoms with Gasteiger partial charge in [0.15, 0.2) is 0 Å². The lowest BCUT2D eigenvalue weighted by molar-refractivity contribution is -0.122. The molecule has 0 unspecified atom stereocenters. The SMILES string of the molecule is CNC(=O)CN1CCC[C@H](c2cncc(Oc3ccccc3)n2)C1. The summed E-state index contributed by atoms with van der Waals surface area (Å²) in [7, 11) is 1.67. The zero-order valence-electron chi connectivity index (χ0n) is 13.8. The van der Waals surface area contributed by atoms with Crippen LogP contribution in [-0.2, 0) is 4.79 Å². The number of nitrogens with one attached hydrogen (secondary N) is 1. The summed E-state index contributed by atoms with van der Waals surface area (Å²) in [4.78, 5) is 22.6. The fourth-order valence-electron chi connectivity index (χ4n) is 2.94. The normalized spacial score (nSPS) is 18.1. The van der Waals surface area contributed by atoms with Crippen molar-refractivity contribution >= 4 is 5.91 Å². The zero-order valence-corrected chi connectivity index (χ0v) is 13.8. The van der Waals surface area contributed by atoms with Gasteiger partial charge in [-0.25, -0.2) is 4.98 Å². The highest BCUT2D eigenvalue weighted by Gasteiger charge is 2.24. The van der Waals surface area contributed by atoms with Crippen molar-refractivity contribution in [1.29, 1.82) is 0 Å². The molecule has 1 aromatic heterocycles. The highest BCUT2D eigenvalue weighted by molar-refractivity contribution is 5.77. The van der Waals surface area contributed by atoms with Crippen LogP contribution < -0.4 is 10.1 Å². The quantitative estimate of drug-likeness (QED) is 0.912. The van der Waals surface area contributed by atoms with Gasteiger partial charge in [-0.2, -0.15) is 0 Å². The highest BCUT2D eigenvalue weighted by Crippen LogP contribution is 2.27. The molecule has 2 aromatic rings. The first-order chi connectivity index (χ1) is 11.7. The average molecular weight is 326 g/mol. The van der Waals surface area contributed by atoms with E-state index in [1.54, 1.807) is 19.4 Å². The van der Waals surface area contributed by atoms with Gasteiger partial charge in [0.25, 0.3) is 0 Å². The number of likely N-dealkylation sites (tertiary alicyclic amines) is 1. The summed E-state index contributed by atoms with van der Waals surface area (Å²) < 4.78 is 5.77. The van der Waals surface area contributed by atoms with Gasteiger partial charge in [0.1, 0.15) is 5.75 Å². The molecular weight excluding hydrogens is 304 g/mol. The van der Waals surface area contributed by atoms with Crippen molar-refractivity contribution in [3.8, 4) is 11.6 Å². The molecule has 0 radical (unpaired) electrons. The summed E-state index contributed by atoms with van der Waals surface area (Å²) in [6.07, 6.45) is 5.52. The van der Waals surface area contributed by atoms with Crippen molar-refractivity contribution in [1.82, 2.24) is 20.2 Å². The van der Waals surface area contributed by atoms with E-state index in [1.807, 2.05) is 30.3 Å². The standard InChI is InChI=1S/C18H22N4O2/c1-19-17(23)13-22-9-5-6-14(12-22)16-10-20-11-18(21-16)24-15-7-3-2-4-8-15/h2-4,7-8,10-11,14H,5-6,9,12-13H2,1H3,(H,19,23)/t14-/m0/s1. The number of para-hydroxylation sites is 1. The van der Waals surface area contributed by atoms with Gasteiger partial charge >= 0.3 is 0 Å². The van der Waals surface area contributed by atoms with E-state index in [2.05, 4.69) is 20.2 Å². The topological polar surface area (TPSA) is 67.4 Å². The Bertz CT molecular complexity index is 678. The summed E-state index contributed by atoms with van der Waals surface area (Å²) in [6.45, 7) is 2.19. The summed E-state index contributed by atoms with van der Waals surface area (Å²) >= 11 is 0. The number of rotatable bonds is 5. The maximum atomic E-state index is 11.6. The molecule has 2 heterocycles. The Morgan fingerprint density at radius 1 is 1.33 bits per heavy atom. The minimum Gasteiger partial charge on any atom is -0.437 e. The third kappa shape index (κ3) is 4.29. The van der Waals surface area contributed by atoms with Crippen LogP contribution in [0.5, 0.6) is 11.6 Å². The van der Waals surface area contributed by atoms with Crippen LogP contribution in [0, 0.1) is 0 Å². The molecule has 6 nitrogen and oxygen atoms in total. The molecule has 1 amide bonds. The molecule has 1 atom stereocenters. The number of carbonyl (C=O) groups excluding carboxylic acids is 1. The maximum absolute atomic E-state index is 11.6. The molecule has 1 N–H and O–H groups in total. The highest BCUT2D eigenvalue weighted by atomic mass is 16.5. The van der Waals surface area contributed by atoms with E-state index in [0.29, 0.717) is 12.4 Å². The number of hydrogen-bond acceptors (Lipinski definition) is 5. The van der Waals surface area contributed by atoms with E-state index in [0.717, 1.165) is 37.4 Å². The average Bonchev–Trinajstić information content (AvgIpc) is 2.63. The van der Waals surface area contributed by atoms with Crippen molar-refractivity contribution in [2.24, 2.45) is 0 Å². The Hall–Kier alpha value is -2.47. The Balaban J connectivity index is 1.68. The van der Waals surface area contributed by atoms with E-state index in [1.165, 1.54) is 0 Å². The minimum atomic E-state index is 0.0443. The number of amides is 1. The second-order valence-electron chi connectivity index (χ2n) is 5.94. The van der Waals surface area contributed by atoms with Crippen LogP contribution >= 0.6 is 0 Å². The Morgan fingerprint density at radius 3 is 2.96 bits per heavy atom. The predicted octanol–water partition coefficient (Wildman–Crippen LogP) is 2.19. The molecule has 1 fully saturated rings. The smallest absolute Gasteiger partial charge is 0.238 e. The van der Waals surface area contributed by atoms with E-state index in [4.69, 9.17) is 4.74 Å². The molecule has 126 valence electrons. The third-order valence-electron chi connectivity index (χ3n) is 4.17. The lowest BCUT2D eigenvalue weighted by atomic mass is 9.95. The van der Waals surface area contributed by atoms with E-state index in [9.17, 15) is 4.79 Å². The molecule has 0 spiro atoms. The molecule has 1 aliphatic rings. The van der Waals surface area contributed by atoms with Gasteiger partial charge in [0.2, 0.25) is 11.8 Å². The fourth-order valence-corrected chi connectivity index (χ4v) is 2.94. The van der Waals surface area contributed by atoms with Gasteiger partial charge < -0.3 is 10.1 Å². The lowest BCUT2D eigenvalue weighted by Gasteiger charge is -2.31. The van der Waals surface area contributed by atoms with Gasteiger partial charge in [0.05, 0.1) is 18.4 Å². The van der Waals surface area contributed by atoms with Crippen molar-refractivity contribution < 1.29 is 9.53 Å². The molecule has 24 heavy (non-hydrogen) atoms. The first-order valence-electron chi connectivity index (χ1n) is 8.22. The molecule has 0 aliphatic carbocycles. The second-order valence-corrected chi connectivity index (χ2v) is 5.94. The number of ether oxygens (including phenoxy) is 1. The van der Waals surface area contributed by atoms with Crippen LogP contribution in [0.25, 0.3) is 0 Å². The van der Waals surface area contributed by atoms with E-state index >= 15 is 0 Å². The molecule has 1 aromatic carbocycles. The Labute approximate surface area is 141 Å². The monoisotopic (exact) mass is 326 g/mol. The van der Waals surface area contributed by atoms with Crippen molar-refractivity contribution in [3.63, 3.8) is 0 Å². The van der Waals surface area contributed by atoms with E-state index in [-0.39, 0.29) is 11.8 Å². The van der Waals surface area contributed by atoms with Gasteiger partial charge in [-0.3, -0.25) is 14.7 Å². The van der Waals surface area contributed by atoms with Crippen LogP contribution in [-0.4, -0.2) is 47.5 Å².